The van der Waals surface area contributed by atoms with E-state index in [1.807, 2.05) is 81.5 Å². The van der Waals surface area contributed by atoms with Gasteiger partial charge in [-0.2, -0.15) is 0 Å². The molecule has 0 saturated heterocycles. The number of hydrogen-bond acceptors (Lipinski definition) is 3. The molecule has 1 atom stereocenters. The highest BCUT2D eigenvalue weighted by Gasteiger charge is 2.21. The Balaban J connectivity index is 2.27. The Bertz CT molecular complexity index is 683. The van der Waals surface area contributed by atoms with Gasteiger partial charge in [-0.25, -0.2) is 0 Å². The summed E-state index contributed by atoms with van der Waals surface area (Å²) in [6, 6.07) is 15.4. The molecule has 0 fully saturated rings. The van der Waals surface area contributed by atoms with Crippen LogP contribution in [0.15, 0.2) is 48.5 Å². The highest BCUT2D eigenvalue weighted by atomic mass is 16.5. The Morgan fingerprint density at radius 1 is 1.04 bits per heavy atom. The third-order valence-electron chi connectivity index (χ3n) is 4.10. The Labute approximate surface area is 138 Å². The molecule has 0 spiro atoms. The summed E-state index contributed by atoms with van der Waals surface area (Å²) in [4.78, 5) is 16.5. The van der Waals surface area contributed by atoms with Gasteiger partial charge in [-0.15, -0.1) is 0 Å². The first-order chi connectivity index (χ1) is 11.0. The maximum Gasteiger partial charge on any atom is 0.254 e. The van der Waals surface area contributed by atoms with Gasteiger partial charge in [-0.05, 0) is 31.2 Å². The summed E-state index contributed by atoms with van der Waals surface area (Å²) in [5.41, 5.74) is 2.68. The van der Waals surface area contributed by atoms with Crippen LogP contribution in [0.2, 0.25) is 0 Å². The van der Waals surface area contributed by atoms with Gasteiger partial charge in [0.2, 0.25) is 0 Å². The maximum absolute atomic E-state index is 12.8. The fourth-order valence-electron chi connectivity index (χ4n) is 2.52. The minimum atomic E-state index is -0.0818. The standard InChI is InChI=1S/C19H24N2O2/c1-14(17-11-6-7-12-18(17)23-5)21(4)19(22)15-9-8-10-16(13-15)20(2)3/h6-14H,1-5H3/t14-/m1/s1. The minimum Gasteiger partial charge on any atom is -0.496 e. The van der Waals surface area contributed by atoms with Gasteiger partial charge in [0.25, 0.3) is 5.91 Å². The molecule has 0 saturated carbocycles. The molecule has 4 heteroatoms. The minimum absolute atomic E-state index is 0.00731. The summed E-state index contributed by atoms with van der Waals surface area (Å²) >= 11 is 0. The number of amides is 1. The molecule has 0 aliphatic heterocycles. The van der Waals surface area contributed by atoms with Gasteiger partial charge in [0.15, 0.2) is 0 Å². The summed E-state index contributed by atoms with van der Waals surface area (Å²) in [6.45, 7) is 2.01. The summed E-state index contributed by atoms with van der Waals surface area (Å²) in [5.74, 6) is 0.786. The van der Waals surface area contributed by atoms with Gasteiger partial charge in [0, 0.05) is 38.0 Å². The monoisotopic (exact) mass is 312 g/mol. The molecule has 0 heterocycles. The highest BCUT2D eigenvalue weighted by molar-refractivity contribution is 5.95. The number of nitrogens with zero attached hydrogens (tertiary/aromatic N) is 2. The lowest BCUT2D eigenvalue weighted by Crippen LogP contribution is -2.30. The van der Waals surface area contributed by atoms with E-state index in [1.165, 1.54) is 0 Å². The number of carbonyl (C=O) groups excluding carboxylic acids is 1. The van der Waals surface area contributed by atoms with Crippen molar-refractivity contribution in [2.24, 2.45) is 0 Å². The molecule has 23 heavy (non-hydrogen) atoms. The van der Waals surface area contributed by atoms with Crippen LogP contribution >= 0.6 is 0 Å². The summed E-state index contributed by atoms with van der Waals surface area (Å²) < 4.78 is 5.41. The number of carbonyl (C=O) groups is 1. The van der Waals surface area contributed by atoms with E-state index in [4.69, 9.17) is 4.74 Å². The molecule has 2 rings (SSSR count). The van der Waals surface area contributed by atoms with Gasteiger partial charge in [0.05, 0.1) is 13.2 Å². The largest absolute Gasteiger partial charge is 0.496 e. The van der Waals surface area contributed by atoms with Crippen LogP contribution in [0.4, 0.5) is 5.69 Å². The quantitative estimate of drug-likeness (QED) is 0.846. The second kappa shape index (κ2) is 7.18. The van der Waals surface area contributed by atoms with Crippen molar-refractivity contribution in [2.75, 3.05) is 33.2 Å². The van der Waals surface area contributed by atoms with E-state index in [1.54, 1.807) is 12.0 Å². The van der Waals surface area contributed by atoms with Crippen LogP contribution in [0.1, 0.15) is 28.9 Å². The molecule has 4 nitrogen and oxygen atoms in total. The van der Waals surface area contributed by atoms with Gasteiger partial charge in [0.1, 0.15) is 5.75 Å². The third kappa shape index (κ3) is 3.65. The van der Waals surface area contributed by atoms with Gasteiger partial charge in [-0.3, -0.25) is 4.79 Å². The molecule has 2 aromatic rings. The van der Waals surface area contributed by atoms with E-state index in [0.29, 0.717) is 5.56 Å². The molecule has 0 bridgehead atoms. The Morgan fingerprint density at radius 2 is 1.74 bits per heavy atom. The lowest BCUT2D eigenvalue weighted by atomic mass is 10.0. The van der Waals surface area contributed by atoms with E-state index < -0.39 is 0 Å². The fourth-order valence-corrected chi connectivity index (χ4v) is 2.52. The number of para-hydroxylation sites is 1. The normalized spacial score (nSPS) is 11.7. The van der Waals surface area contributed by atoms with Crippen LogP contribution in [-0.2, 0) is 0 Å². The Morgan fingerprint density at radius 3 is 2.39 bits per heavy atom. The van der Waals surface area contributed by atoms with Gasteiger partial charge >= 0.3 is 0 Å². The van der Waals surface area contributed by atoms with Crippen LogP contribution in [-0.4, -0.2) is 39.1 Å². The summed E-state index contributed by atoms with van der Waals surface area (Å²) in [5, 5.41) is 0. The summed E-state index contributed by atoms with van der Waals surface area (Å²) in [7, 11) is 7.39. The number of benzene rings is 2. The third-order valence-corrected chi connectivity index (χ3v) is 4.10. The molecule has 122 valence electrons. The average Bonchev–Trinajstić information content (AvgIpc) is 2.59. The molecule has 1 amide bonds. The Hall–Kier alpha value is -2.49. The van der Waals surface area contributed by atoms with Crippen LogP contribution < -0.4 is 9.64 Å². The Kier molecular flexibility index (Phi) is 5.27. The number of hydrogen-bond donors (Lipinski definition) is 0. The van der Waals surface area contributed by atoms with E-state index in [0.717, 1.165) is 17.0 Å². The molecular formula is C19H24N2O2. The zero-order chi connectivity index (χ0) is 17.0. The topological polar surface area (TPSA) is 32.8 Å². The SMILES string of the molecule is COc1ccccc1[C@@H](C)N(C)C(=O)c1cccc(N(C)C)c1. The molecule has 0 aliphatic rings. The van der Waals surface area contributed by atoms with Crippen molar-refractivity contribution in [1.82, 2.24) is 4.90 Å². The van der Waals surface area contributed by atoms with Crippen molar-refractivity contribution in [2.45, 2.75) is 13.0 Å². The number of ether oxygens (including phenoxy) is 1. The lowest BCUT2D eigenvalue weighted by molar-refractivity contribution is 0.0741. The summed E-state index contributed by atoms with van der Waals surface area (Å²) in [6.07, 6.45) is 0. The van der Waals surface area contributed by atoms with Gasteiger partial charge in [-0.1, -0.05) is 24.3 Å². The predicted octanol–water partition coefficient (Wildman–Crippen LogP) is 3.59. The molecule has 0 unspecified atom stereocenters. The van der Waals surface area contributed by atoms with Crippen molar-refractivity contribution in [1.29, 1.82) is 0 Å². The van der Waals surface area contributed by atoms with Crippen molar-refractivity contribution in [3.8, 4) is 5.75 Å². The zero-order valence-electron chi connectivity index (χ0n) is 14.4. The number of anilines is 1. The van der Waals surface area contributed by atoms with Crippen LogP contribution in [0.5, 0.6) is 5.75 Å². The van der Waals surface area contributed by atoms with Crippen molar-refractivity contribution < 1.29 is 9.53 Å². The van der Waals surface area contributed by atoms with Crippen molar-refractivity contribution >= 4 is 11.6 Å². The van der Waals surface area contributed by atoms with Crippen LogP contribution in [0.25, 0.3) is 0 Å². The first-order valence-corrected chi connectivity index (χ1v) is 7.63. The van der Waals surface area contributed by atoms with Crippen molar-refractivity contribution in [3.63, 3.8) is 0 Å². The van der Waals surface area contributed by atoms with Crippen LogP contribution in [0.3, 0.4) is 0 Å². The molecule has 2 aromatic carbocycles. The van der Waals surface area contributed by atoms with E-state index in [9.17, 15) is 4.79 Å². The number of methoxy groups -OCH3 is 1. The smallest absolute Gasteiger partial charge is 0.254 e. The van der Waals surface area contributed by atoms with Gasteiger partial charge < -0.3 is 14.5 Å². The molecular weight excluding hydrogens is 288 g/mol. The molecule has 0 N–H and O–H groups in total. The fraction of sp³-hybridized carbons (Fsp3) is 0.316. The highest BCUT2D eigenvalue weighted by Crippen LogP contribution is 2.29. The van der Waals surface area contributed by atoms with Crippen LogP contribution in [0, 0.1) is 0 Å². The first-order valence-electron chi connectivity index (χ1n) is 7.63. The molecule has 0 radical (unpaired) electrons. The lowest BCUT2D eigenvalue weighted by Gasteiger charge is -2.27. The van der Waals surface area contributed by atoms with E-state index >= 15 is 0 Å². The van der Waals surface area contributed by atoms with Crippen molar-refractivity contribution in [3.05, 3.63) is 59.7 Å². The zero-order valence-corrected chi connectivity index (χ0v) is 14.4. The molecule has 0 aliphatic carbocycles. The second-order valence-corrected chi connectivity index (χ2v) is 5.78. The van der Waals surface area contributed by atoms with E-state index in [-0.39, 0.29) is 11.9 Å². The second-order valence-electron chi connectivity index (χ2n) is 5.78. The average molecular weight is 312 g/mol. The maximum atomic E-state index is 12.8. The van der Waals surface area contributed by atoms with E-state index in [2.05, 4.69) is 0 Å². The predicted molar refractivity (Wildman–Crippen MR) is 94.3 cm³/mol. The molecule has 0 aromatic heterocycles. The number of rotatable bonds is 5. The first kappa shape index (κ1) is 16.9.